The zero-order valence-electron chi connectivity index (χ0n) is 12.0. The van der Waals surface area contributed by atoms with Crippen LogP contribution in [0.25, 0.3) is 0 Å². The smallest absolute Gasteiger partial charge is 0.224 e. The monoisotopic (exact) mass is 256 g/mol. The Morgan fingerprint density at radius 2 is 2.06 bits per heavy atom. The lowest BCUT2D eigenvalue weighted by molar-refractivity contribution is -0.131. The molecule has 1 saturated carbocycles. The summed E-state index contributed by atoms with van der Waals surface area (Å²) < 4.78 is 0. The topological polar surface area (TPSA) is 52.6 Å². The molecule has 0 aliphatic heterocycles. The van der Waals surface area contributed by atoms with E-state index >= 15 is 0 Å². The molecule has 1 aliphatic rings. The minimum Gasteiger partial charge on any atom is -0.393 e. The molecule has 1 amide bonds. The van der Waals surface area contributed by atoms with Crippen molar-refractivity contribution in [2.75, 3.05) is 19.6 Å². The van der Waals surface area contributed by atoms with Crippen molar-refractivity contribution < 1.29 is 9.90 Å². The van der Waals surface area contributed by atoms with E-state index in [1.807, 2.05) is 25.7 Å². The van der Waals surface area contributed by atoms with Crippen LogP contribution < -0.4 is 5.32 Å². The number of hydrogen-bond acceptors (Lipinski definition) is 3. The molecule has 0 bridgehead atoms. The largest absolute Gasteiger partial charge is 0.393 e. The number of amides is 1. The van der Waals surface area contributed by atoms with Crippen LogP contribution in [0.3, 0.4) is 0 Å². The molecule has 1 fully saturated rings. The van der Waals surface area contributed by atoms with Gasteiger partial charge in [-0.15, -0.1) is 0 Å². The Bertz CT molecular complexity index is 254. The standard InChI is InChI=1S/C14H28N2O2/c1-4-16(5-2)14(18)9-11(3)15-10-12-7-6-8-13(12)17/h11-13,15,17H,4-10H2,1-3H3. The second kappa shape index (κ2) is 7.74. The fraction of sp³-hybridized carbons (Fsp3) is 0.929. The van der Waals surface area contributed by atoms with Gasteiger partial charge < -0.3 is 15.3 Å². The molecule has 0 radical (unpaired) electrons. The molecule has 4 heteroatoms. The maximum absolute atomic E-state index is 11.9. The Labute approximate surface area is 111 Å². The number of carbonyl (C=O) groups excluding carboxylic acids is 1. The average molecular weight is 256 g/mol. The molecular formula is C14H28N2O2. The first-order valence-corrected chi connectivity index (χ1v) is 7.27. The molecule has 3 atom stereocenters. The summed E-state index contributed by atoms with van der Waals surface area (Å²) in [4.78, 5) is 13.8. The second-order valence-electron chi connectivity index (χ2n) is 5.34. The van der Waals surface area contributed by atoms with Crippen LogP contribution in [0, 0.1) is 5.92 Å². The van der Waals surface area contributed by atoms with Crippen molar-refractivity contribution in [3.8, 4) is 0 Å². The van der Waals surface area contributed by atoms with E-state index < -0.39 is 0 Å². The number of carbonyl (C=O) groups is 1. The third-order valence-corrected chi connectivity index (χ3v) is 3.94. The second-order valence-corrected chi connectivity index (χ2v) is 5.34. The van der Waals surface area contributed by atoms with E-state index in [9.17, 15) is 9.90 Å². The van der Waals surface area contributed by atoms with Crippen molar-refractivity contribution in [3.63, 3.8) is 0 Å². The predicted octanol–water partition coefficient (Wildman–Crippen LogP) is 1.38. The molecule has 0 aromatic heterocycles. The van der Waals surface area contributed by atoms with E-state index in [4.69, 9.17) is 0 Å². The van der Waals surface area contributed by atoms with Gasteiger partial charge in [0.25, 0.3) is 0 Å². The van der Waals surface area contributed by atoms with E-state index in [0.717, 1.165) is 38.9 Å². The first-order chi connectivity index (χ1) is 8.58. The molecule has 3 unspecified atom stereocenters. The Morgan fingerprint density at radius 1 is 1.39 bits per heavy atom. The first kappa shape index (κ1) is 15.4. The highest BCUT2D eigenvalue weighted by Crippen LogP contribution is 2.24. The fourth-order valence-electron chi connectivity index (χ4n) is 2.65. The molecule has 0 saturated heterocycles. The lowest BCUT2D eigenvalue weighted by atomic mass is 10.1. The van der Waals surface area contributed by atoms with Crippen LogP contribution in [0.5, 0.6) is 0 Å². The molecule has 0 aromatic carbocycles. The summed E-state index contributed by atoms with van der Waals surface area (Å²) in [5.41, 5.74) is 0. The summed E-state index contributed by atoms with van der Waals surface area (Å²) in [5, 5.41) is 13.1. The lowest BCUT2D eigenvalue weighted by Crippen LogP contribution is -2.39. The number of aliphatic hydroxyl groups is 1. The highest BCUT2D eigenvalue weighted by molar-refractivity contribution is 5.76. The zero-order valence-corrected chi connectivity index (χ0v) is 12.0. The summed E-state index contributed by atoms with van der Waals surface area (Å²) in [6, 6.07) is 0.186. The summed E-state index contributed by atoms with van der Waals surface area (Å²) >= 11 is 0. The van der Waals surface area contributed by atoms with Gasteiger partial charge in [0.2, 0.25) is 5.91 Å². The van der Waals surface area contributed by atoms with Crippen LogP contribution in [0.1, 0.15) is 46.5 Å². The van der Waals surface area contributed by atoms with Crippen molar-refractivity contribution in [3.05, 3.63) is 0 Å². The molecule has 0 aromatic rings. The molecule has 18 heavy (non-hydrogen) atoms. The Morgan fingerprint density at radius 3 is 2.56 bits per heavy atom. The van der Waals surface area contributed by atoms with Crippen molar-refractivity contribution in [1.29, 1.82) is 0 Å². The molecule has 106 valence electrons. The van der Waals surface area contributed by atoms with E-state index in [1.165, 1.54) is 0 Å². The highest BCUT2D eigenvalue weighted by atomic mass is 16.3. The van der Waals surface area contributed by atoms with Gasteiger partial charge in [-0.3, -0.25) is 4.79 Å². The molecule has 4 nitrogen and oxygen atoms in total. The van der Waals surface area contributed by atoms with Gasteiger partial charge in [-0.05, 0) is 39.5 Å². The van der Waals surface area contributed by atoms with Gasteiger partial charge >= 0.3 is 0 Å². The minimum absolute atomic E-state index is 0.150. The first-order valence-electron chi connectivity index (χ1n) is 7.27. The SMILES string of the molecule is CCN(CC)C(=O)CC(C)NCC1CCCC1O. The van der Waals surface area contributed by atoms with Gasteiger partial charge in [-0.25, -0.2) is 0 Å². The van der Waals surface area contributed by atoms with E-state index in [2.05, 4.69) is 5.32 Å². The van der Waals surface area contributed by atoms with Gasteiger partial charge in [0.1, 0.15) is 0 Å². The number of nitrogens with one attached hydrogen (secondary N) is 1. The van der Waals surface area contributed by atoms with Crippen LogP contribution in [0.2, 0.25) is 0 Å². The Kier molecular flexibility index (Phi) is 6.65. The third kappa shape index (κ3) is 4.58. The van der Waals surface area contributed by atoms with Gasteiger partial charge in [-0.2, -0.15) is 0 Å². The van der Waals surface area contributed by atoms with Crippen LogP contribution in [0.4, 0.5) is 0 Å². The normalized spacial score (nSPS) is 25.1. The maximum atomic E-state index is 11.9. The van der Waals surface area contributed by atoms with Gasteiger partial charge in [0.15, 0.2) is 0 Å². The summed E-state index contributed by atoms with van der Waals surface area (Å²) in [6.45, 7) is 8.45. The molecular weight excluding hydrogens is 228 g/mol. The zero-order chi connectivity index (χ0) is 13.5. The summed E-state index contributed by atoms with van der Waals surface area (Å²) in [5.74, 6) is 0.586. The van der Waals surface area contributed by atoms with Crippen molar-refractivity contribution in [2.45, 2.75) is 58.6 Å². The average Bonchev–Trinajstić information content (AvgIpc) is 2.74. The summed E-state index contributed by atoms with van der Waals surface area (Å²) in [7, 11) is 0. The molecule has 1 rings (SSSR count). The number of nitrogens with zero attached hydrogens (tertiary/aromatic N) is 1. The number of hydrogen-bond donors (Lipinski definition) is 2. The lowest BCUT2D eigenvalue weighted by Gasteiger charge is -2.23. The molecule has 2 N–H and O–H groups in total. The third-order valence-electron chi connectivity index (χ3n) is 3.94. The van der Waals surface area contributed by atoms with Gasteiger partial charge in [0.05, 0.1) is 6.10 Å². The van der Waals surface area contributed by atoms with Crippen LogP contribution >= 0.6 is 0 Å². The van der Waals surface area contributed by atoms with Crippen LogP contribution in [-0.2, 0) is 4.79 Å². The number of aliphatic hydroxyl groups excluding tert-OH is 1. The molecule has 1 aliphatic carbocycles. The van der Waals surface area contributed by atoms with E-state index in [1.54, 1.807) is 0 Å². The number of rotatable bonds is 7. The Balaban J connectivity index is 2.24. The highest BCUT2D eigenvalue weighted by Gasteiger charge is 2.25. The van der Waals surface area contributed by atoms with Gasteiger partial charge in [0, 0.05) is 32.1 Å². The summed E-state index contributed by atoms with van der Waals surface area (Å²) in [6.07, 6.45) is 3.55. The van der Waals surface area contributed by atoms with Crippen molar-refractivity contribution in [1.82, 2.24) is 10.2 Å². The quantitative estimate of drug-likeness (QED) is 0.723. The van der Waals surface area contributed by atoms with Crippen molar-refractivity contribution in [2.24, 2.45) is 5.92 Å². The predicted molar refractivity (Wildman–Crippen MR) is 73.4 cm³/mol. The maximum Gasteiger partial charge on any atom is 0.224 e. The van der Waals surface area contributed by atoms with E-state index in [0.29, 0.717) is 12.3 Å². The molecule has 0 spiro atoms. The van der Waals surface area contributed by atoms with Crippen molar-refractivity contribution >= 4 is 5.91 Å². The van der Waals surface area contributed by atoms with E-state index in [-0.39, 0.29) is 18.1 Å². The van der Waals surface area contributed by atoms with Crippen LogP contribution in [-0.4, -0.2) is 47.7 Å². The fourth-order valence-corrected chi connectivity index (χ4v) is 2.65. The Hall–Kier alpha value is -0.610. The molecule has 0 heterocycles. The van der Waals surface area contributed by atoms with Crippen LogP contribution in [0.15, 0.2) is 0 Å². The minimum atomic E-state index is -0.150. The van der Waals surface area contributed by atoms with Gasteiger partial charge in [-0.1, -0.05) is 6.42 Å².